The number of nitrogens with zero attached hydrogens (tertiary/aromatic N) is 5. The molecule has 2 amide bonds. The van der Waals surface area contributed by atoms with Crippen LogP contribution in [0.15, 0.2) is 49.1 Å². The Morgan fingerprint density at radius 2 is 1.81 bits per heavy atom. The number of halogens is 2. The Kier molecular flexibility index (Phi) is 5.96. The fourth-order valence-electron chi connectivity index (χ4n) is 3.27. The van der Waals surface area contributed by atoms with Crippen molar-refractivity contribution in [3.8, 4) is 5.82 Å². The van der Waals surface area contributed by atoms with Crippen molar-refractivity contribution < 1.29 is 9.53 Å². The molecule has 11 heteroatoms. The lowest BCUT2D eigenvalue weighted by Crippen LogP contribution is -2.26. The maximum atomic E-state index is 12.8. The van der Waals surface area contributed by atoms with Crippen LogP contribution in [-0.4, -0.2) is 38.1 Å². The molecule has 0 bridgehead atoms. The van der Waals surface area contributed by atoms with Crippen molar-refractivity contribution in [2.24, 2.45) is 0 Å². The van der Waals surface area contributed by atoms with Gasteiger partial charge < -0.3 is 15.4 Å². The monoisotopic (exact) mass is 471 g/mol. The zero-order valence-corrected chi connectivity index (χ0v) is 18.9. The number of hydrogen-bond donors (Lipinski definition) is 2. The normalized spacial score (nSPS) is 11.5. The Labute approximate surface area is 193 Å². The fraction of sp³-hybridized carbons (Fsp3) is 0.190. The average molecular weight is 472 g/mol. The third-order valence-corrected chi connectivity index (χ3v) is 5.39. The maximum absolute atomic E-state index is 12.8. The van der Waals surface area contributed by atoms with Crippen LogP contribution < -0.4 is 10.6 Å². The highest BCUT2D eigenvalue weighted by molar-refractivity contribution is 6.32. The van der Waals surface area contributed by atoms with Crippen molar-refractivity contribution in [3.63, 3.8) is 0 Å². The highest BCUT2D eigenvalue weighted by Gasteiger charge is 2.27. The minimum atomic E-state index is -0.724. The molecule has 0 atom stereocenters. The van der Waals surface area contributed by atoms with E-state index in [0.29, 0.717) is 22.2 Å². The van der Waals surface area contributed by atoms with Gasteiger partial charge in [-0.25, -0.2) is 9.78 Å². The molecule has 2 N–H and O–H groups in total. The lowest BCUT2D eigenvalue weighted by molar-refractivity contribution is 0.0211. The van der Waals surface area contributed by atoms with Gasteiger partial charge in [0, 0.05) is 23.1 Å². The second-order valence-electron chi connectivity index (χ2n) is 7.35. The van der Waals surface area contributed by atoms with Crippen molar-refractivity contribution >= 4 is 51.5 Å². The van der Waals surface area contributed by atoms with E-state index in [-0.39, 0.29) is 5.02 Å². The first kappa shape index (κ1) is 21.9. The number of methoxy groups -OCH3 is 1. The highest BCUT2D eigenvalue weighted by atomic mass is 35.5. The molecule has 0 spiro atoms. The van der Waals surface area contributed by atoms with E-state index in [9.17, 15) is 4.79 Å². The number of anilines is 2. The van der Waals surface area contributed by atoms with Gasteiger partial charge in [-0.3, -0.25) is 4.98 Å². The number of carbonyl (C=O) groups excluding carboxylic acids is 1. The van der Waals surface area contributed by atoms with Crippen molar-refractivity contribution in [2.45, 2.75) is 19.4 Å². The molecular formula is C21H19Cl2N7O2. The fourth-order valence-corrected chi connectivity index (χ4v) is 3.68. The van der Waals surface area contributed by atoms with Crippen LogP contribution in [0.1, 0.15) is 19.4 Å². The molecule has 32 heavy (non-hydrogen) atoms. The van der Waals surface area contributed by atoms with Crippen LogP contribution in [-0.2, 0) is 10.3 Å². The number of urea groups is 1. The summed E-state index contributed by atoms with van der Waals surface area (Å²) in [4.78, 5) is 22.7. The Balaban J connectivity index is 1.63. The molecule has 0 radical (unpaired) electrons. The average Bonchev–Trinajstić information content (AvgIpc) is 3.27. The molecular weight excluding hydrogens is 453 g/mol. The summed E-state index contributed by atoms with van der Waals surface area (Å²) in [6.45, 7) is 3.80. The van der Waals surface area contributed by atoms with Crippen LogP contribution in [0.25, 0.3) is 16.7 Å². The number of aromatic nitrogens is 5. The summed E-state index contributed by atoms with van der Waals surface area (Å²) >= 11 is 12.5. The predicted molar refractivity (Wildman–Crippen MR) is 124 cm³/mol. The smallest absolute Gasteiger partial charge is 0.323 e. The molecule has 0 saturated heterocycles. The first-order chi connectivity index (χ1) is 15.3. The van der Waals surface area contributed by atoms with Crippen LogP contribution in [0.2, 0.25) is 10.0 Å². The number of hydrogen-bond acceptors (Lipinski definition) is 6. The lowest BCUT2D eigenvalue weighted by atomic mass is 9.92. The molecule has 0 saturated carbocycles. The molecule has 0 aliphatic heterocycles. The third kappa shape index (κ3) is 4.36. The molecule has 164 valence electrons. The molecule has 1 aromatic carbocycles. The summed E-state index contributed by atoms with van der Waals surface area (Å²) in [6, 6.07) is 6.45. The van der Waals surface area contributed by atoms with E-state index in [1.807, 2.05) is 19.9 Å². The minimum absolute atomic E-state index is 0.280. The van der Waals surface area contributed by atoms with Gasteiger partial charge in [0.2, 0.25) is 0 Å². The second-order valence-corrected chi connectivity index (χ2v) is 8.19. The highest BCUT2D eigenvalue weighted by Crippen LogP contribution is 2.37. The van der Waals surface area contributed by atoms with Gasteiger partial charge in [0.15, 0.2) is 5.82 Å². The SMILES string of the molecule is COC(C)(C)c1c(NC(=O)Nc2cnc(-n3nccn3)c(Cl)c2)cnc2ccc(Cl)cc12. The van der Waals surface area contributed by atoms with Crippen LogP contribution >= 0.6 is 23.2 Å². The molecule has 0 unspecified atom stereocenters. The van der Waals surface area contributed by atoms with Crippen molar-refractivity contribution in [2.75, 3.05) is 17.7 Å². The molecule has 4 aromatic rings. The van der Waals surface area contributed by atoms with E-state index in [1.54, 1.807) is 31.5 Å². The predicted octanol–water partition coefficient (Wildman–Crippen LogP) is 5.04. The first-order valence-electron chi connectivity index (χ1n) is 9.52. The number of rotatable bonds is 5. The van der Waals surface area contributed by atoms with Crippen molar-refractivity contribution in [3.05, 3.63) is 64.7 Å². The number of pyridine rings is 2. The van der Waals surface area contributed by atoms with Crippen LogP contribution in [0.3, 0.4) is 0 Å². The van der Waals surface area contributed by atoms with Gasteiger partial charge in [0.05, 0.1) is 52.3 Å². The molecule has 4 rings (SSSR count). The largest absolute Gasteiger partial charge is 0.374 e. The van der Waals surface area contributed by atoms with Gasteiger partial charge in [-0.05, 0) is 38.1 Å². The van der Waals surface area contributed by atoms with Gasteiger partial charge in [-0.2, -0.15) is 10.2 Å². The van der Waals surface area contributed by atoms with E-state index in [4.69, 9.17) is 27.9 Å². The van der Waals surface area contributed by atoms with Crippen molar-refractivity contribution in [1.82, 2.24) is 25.0 Å². The van der Waals surface area contributed by atoms with E-state index >= 15 is 0 Å². The first-order valence-corrected chi connectivity index (χ1v) is 10.3. The lowest BCUT2D eigenvalue weighted by Gasteiger charge is -2.28. The van der Waals surface area contributed by atoms with E-state index < -0.39 is 11.6 Å². The summed E-state index contributed by atoms with van der Waals surface area (Å²) in [5, 5.41) is 15.2. The summed E-state index contributed by atoms with van der Waals surface area (Å²) < 4.78 is 5.69. The molecule has 0 aliphatic carbocycles. The molecule has 9 nitrogen and oxygen atoms in total. The second kappa shape index (κ2) is 8.70. The van der Waals surface area contributed by atoms with Gasteiger partial charge in [-0.1, -0.05) is 23.2 Å². The Morgan fingerprint density at radius 1 is 1.06 bits per heavy atom. The number of amides is 2. The Morgan fingerprint density at radius 3 is 2.50 bits per heavy atom. The van der Waals surface area contributed by atoms with Crippen LogP contribution in [0, 0.1) is 0 Å². The van der Waals surface area contributed by atoms with E-state index in [0.717, 1.165) is 16.5 Å². The maximum Gasteiger partial charge on any atom is 0.323 e. The van der Waals surface area contributed by atoms with E-state index in [1.165, 1.54) is 23.4 Å². The van der Waals surface area contributed by atoms with Crippen LogP contribution in [0.4, 0.5) is 16.2 Å². The third-order valence-electron chi connectivity index (χ3n) is 4.88. The number of ether oxygens (including phenoxy) is 1. The number of fused-ring (bicyclic) bond motifs is 1. The standard InChI is InChI=1S/C21H19Cl2N7O2/c1-21(2,32-3)18-14-8-12(22)4-5-16(14)24-11-17(18)29-20(31)28-13-9-15(23)19(25-10-13)30-26-6-7-27-30/h4-11H,1-3H3,(H2,28,29,31). The van der Waals surface area contributed by atoms with Crippen LogP contribution in [0.5, 0.6) is 0 Å². The molecule has 3 heterocycles. The quantitative estimate of drug-likeness (QED) is 0.421. The minimum Gasteiger partial charge on any atom is -0.374 e. The number of carbonyl (C=O) groups is 1. The van der Waals surface area contributed by atoms with Gasteiger partial charge in [0.1, 0.15) is 0 Å². The topological polar surface area (TPSA) is 107 Å². The number of benzene rings is 1. The molecule has 0 aliphatic rings. The zero-order valence-electron chi connectivity index (χ0n) is 17.4. The van der Waals surface area contributed by atoms with Gasteiger partial charge >= 0.3 is 6.03 Å². The Hall–Kier alpha value is -3.27. The van der Waals surface area contributed by atoms with Gasteiger partial charge in [-0.15, -0.1) is 4.80 Å². The molecule has 3 aromatic heterocycles. The van der Waals surface area contributed by atoms with Gasteiger partial charge in [0.25, 0.3) is 0 Å². The van der Waals surface area contributed by atoms with Crippen molar-refractivity contribution in [1.29, 1.82) is 0 Å². The number of nitrogens with one attached hydrogen (secondary N) is 2. The summed E-state index contributed by atoms with van der Waals surface area (Å²) in [6.07, 6.45) is 6.08. The molecule has 0 fully saturated rings. The summed E-state index contributed by atoms with van der Waals surface area (Å²) in [5.74, 6) is 0.349. The summed E-state index contributed by atoms with van der Waals surface area (Å²) in [5.41, 5.74) is 1.64. The van der Waals surface area contributed by atoms with E-state index in [2.05, 4.69) is 30.8 Å². The zero-order chi connectivity index (χ0) is 22.9. The summed E-state index contributed by atoms with van der Waals surface area (Å²) in [7, 11) is 1.60. The Bertz CT molecular complexity index is 1290.